The number of carboxylic acid groups (broad SMARTS) is 1. The summed E-state index contributed by atoms with van der Waals surface area (Å²) in [5.74, 6) is -1.40. The molecule has 14 heavy (non-hydrogen) atoms. The van der Waals surface area contributed by atoms with Crippen LogP contribution in [0.2, 0.25) is 0 Å². The van der Waals surface area contributed by atoms with E-state index in [4.69, 9.17) is 16.1 Å². The van der Waals surface area contributed by atoms with Crippen molar-refractivity contribution in [3.05, 3.63) is 0 Å². The Balaban J connectivity index is 3.54. The van der Waals surface area contributed by atoms with E-state index in [-0.39, 0.29) is 31.7 Å². The summed E-state index contributed by atoms with van der Waals surface area (Å²) in [6, 6.07) is 0.870. The van der Waals surface area contributed by atoms with Gasteiger partial charge in [0, 0.05) is 13.0 Å². The van der Waals surface area contributed by atoms with Crippen LogP contribution < -0.4 is 11.1 Å². The van der Waals surface area contributed by atoms with Crippen molar-refractivity contribution in [2.45, 2.75) is 25.3 Å². The maximum Gasteiger partial charge on any atom is 0.320 e. The van der Waals surface area contributed by atoms with E-state index in [1.807, 2.05) is 6.07 Å². The van der Waals surface area contributed by atoms with Crippen LogP contribution in [0.25, 0.3) is 0 Å². The highest BCUT2D eigenvalue weighted by Crippen LogP contribution is 1.94. The first-order valence-electron chi connectivity index (χ1n) is 4.20. The highest BCUT2D eigenvalue weighted by Gasteiger charge is 2.12. The number of nitriles is 1. The van der Waals surface area contributed by atoms with Crippen molar-refractivity contribution in [3.63, 3.8) is 0 Å². The fourth-order valence-electron chi connectivity index (χ4n) is 0.756. The Morgan fingerprint density at radius 2 is 2.21 bits per heavy atom. The maximum atomic E-state index is 11.0. The largest absolute Gasteiger partial charge is 0.480 e. The molecular formula is C8H13N3O3. The lowest BCUT2D eigenvalue weighted by atomic mass is 10.1. The summed E-state index contributed by atoms with van der Waals surface area (Å²) in [4.78, 5) is 21.2. The van der Waals surface area contributed by atoms with Gasteiger partial charge in [-0.1, -0.05) is 0 Å². The first-order valence-corrected chi connectivity index (χ1v) is 4.20. The predicted octanol–water partition coefficient (Wildman–Crippen LogP) is -0.792. The Bertz CT molecular complexity index is 247. The summed E-state index contributed by atoms with van der Waals surface area (Å²) in [5.41, 5.74) is 5.19. The lowest BCUT2D eigenvalue weighted by Gasteiger charge is -2.05. The minimum atomic E-state index is -1.12. The minimum absolute atomic E-state index is 0.0683. The zero-order valence-corrected chi connectivity index (χ0v) is 7.69. The molecule has 0 unspecified atom stereocenters. The zero-order chi connectivity index (χ0) is 11.0. The van der Waals surface area contributed by atoms with Crippen molar-refractivity contribution < 1.29 is 14.7 Å². The summed E-state index contributed by atoms with van der Waals surface area (Å²) in [6.45, 7) is 0.289. The molecule has 0 aromatic carbocycles. The molecule has 0 heterocycles. The van der Waals surface area contributed by atoms with Gasteiger partial charge in [-0.25, -0.2) is 0 Å². The van der Waals surface area contributed by atoms with Gasteiger partial charge in [-0.2, -0.15) is 5.26 Å². The summed E-state index contributed by atoms with van der Waals surface area (Å²) in [6.07, 6.45) is 0.420. The van der Waals surface area contributed by atoms with E-state index < -0.39 is 12.0 Å². The second kappa shape index (κ2) is 6.86. The molecule has 0 aliphatic carbocycles. The van der Waals surface area contributed by atoms with E-state index in [0.29, 0.717) is 0 Å². The molecule has 0 rings (SSSR count). The summed E-state index contributed by atoms with van der Waals surface area (Å²) >= 11 is 0. The van der Waals surface area contributed by atoms with Crippen molar-refractivity contribution in [1.29, 1.82) is 5.26 Å². The second-order valence-corrected chi connectivity index (χ2v) is 2.74. The Hall–Kier alpha value is -1.61. The third kappa shape index (κ3) is 5.97. The first kappa shape index (κ1) is 12.4. The molecule has 0 aromatic heterocycles. The van der Waals surface area contributed by atoms with E-state index in [1.165, 1.54) is 0 Å². The fraction of sp³-hybridized carbons (Fsp3) is 0.625. The Kier molecular flexibility index (Phi) is 6.07. The number of hydrogen-bond acceptors (Lipinski definition) is 4. The molecule has 6 heteroatoms. The number of carbonyl (C=O) groups is 2. The molecule has 0 spiro atoms. The summed E-state index contributed by atoms with van der Waals surface area (Å²) in [5, 5.41) is 19.0. The van der Waals surface area contributed by atoms with Gasteiger partial charge in [0.25, 0.3) is 0 Å². The average molecular weight is 199 g/mol. The highest BCUT2D eigenvalue weighted by molar-refractivity contribution is 5.78. The molecule has 1 amide bonds. The molecule has 1 atom stereocenters. The van der Waals surface area contributed by atoms with Gasteiger partial charge in [-0.3, -0.25) is 9.59 Å². The molecule has 6 nitrogen and oxygen atoms in total. The topological polar surface area (TPSA) is 116 Å². The van der Waals surface area contributed by atoms with Crippen molar-refractivity contribution >= 4 is 11.9 Å². The van der Waals surface area contributed by atoms with Gasteiger partial charge in [-0.15, -0.1) is 0 Å². The SMILES string of the molecule is N#CCCNC(=O)CC[C@H](N)C(=O)O. The maximum absolute atomic E-state index is 11.0. The number of rotatable bonds is 6. The van der Waals surface area contributed by atoms with Crippen LogP contribution in [0.3, 0.4) is 0 Å². The van der Waals surface area contributed by atoms with Gasteiger partial charge in [0.15, 0.2) is 0 Å². The minimum Gasteiger partial charge on any atom is -0.480 e. The molecule has 0 bridgehead atoms. The van der Waals surface area contributed by atoms with E-state index in [0.717, 1.165) is 0 Å². The second-order valence-electron chi connectivity index (χ2n) is 2.74. The number of amides is 1. The third-order valence-electron chi connectivity index (χ3n) is 1.56. The smallest absolute Gasteiger partial charge is 0.320 e. The molecule has 0 aromatic rings. The number of nitrogens with two attached hydrogens (primary N) is 1. The van der Waals surface area contributed by atoms with E-state index >= 15 is 0 Å². The number of carboxylic acids is 1. The van der Waals surface area contributed by atoms with Crippen LogP contribution in [0.5, 0.6) is 0 Å². The molecular weight excluding hydrogens is 186 g/mol. The number of carbonyl (C=O) groups excluding carboxylic acids is 1. The Morgan fingerprint density at radius 1 is 1.57 bits per heavy atom. The zero-order valence-electron chi connectivity index (χ0n) is 7.69. The summed E-state index contributed by atoms with van der Waals surface area (Å²) < 4.78 is 0. The van der Waals surface area contributed by atoms with Crippen LogP contribution in [0.1, 0.15) is 19.3 Å². The molecule has 4 N–H and O–H groups in total. The van der Waals surface area contributed by atoms with E-state index in [1.54, 1.807) is 0 Å². The quantitative estimate of drug-likeness (QED) is 0.484. The number of nitrogens with one attached hydrogen (secondary N) is 1. The predicted molar refractivity (Wildman–Crippen MR) is 48.1 cm³/mol. The van der Waals surface area contributed by atoms with Crippen LogP contribution >= 0.6 is 0 Å². The first-order chi connectivity index (χ1) is 6.57. The monoisotopic (exact) mass is 199 g/mol. The average Bonchev–Trinajstić information content (AvgIpc) is 2.14. The van der Waals surface area contributed by atoms with Crippen LogP contribution in [0.4, 0.5) is 0 Å². The van der Waals surface area contributed by atoms with Crippen LogP contribution in [-0.2, 0) is 9.59 Å². The Labute approximate surface area is 81.7 Å². The van der Waals surface area contributed by atoms with Crippen LogP contribution in [0.15, 0.2) is 0 Å². The van der Waals surface area contributed by atoms with Crippen LogP contribution in [-0.4, -0.2) is 29.6 Å². The van der Waals surface area contributed by atoms with Crippen molar-refractivity contribution in [2.24, 2.45) is 5.73 Å². The highest BCUT2D eigenvalue weighted by atomic mass is 16.4. The van der Waals surface area contributed by atoms with Gasteiger partial charge in [0.05, 0.1) is 12.5 Å². The normalized spacial score (nSPS) is 11.4. The fourth-order valence-corrected chi connectivity index (χ4v) is 0.756. The van der Waals surface area contributed by atoms with E-state index in [2.05, 4.69) is 5.32 Å². The molecule has 78 valence electrons. The standard InChI is InChI=1S/C8H13N3O3/c9-4-1-5-11-7(12)3-2-6(10)8(13)14/h6H,1-3,5,10H2,(H,11,12)(H,13,14)/t6-/m0/s1. The number of hydrogen-bond donors (Lipinski definition) is 3. The lowest BCUT2D eigenvalue weighted by molar-refractivity contribution is -0.138. The Morgan fingerprint density at radius 3 is 2.71 bits per heavy atom. The molecule has 0 aliphatic heterocycles. The number of aliphatic carboxylic acids is 1. The van der Waals surface area contributed by atoms with Crippen LogP contribution in [0, 0.1) is 11.3 Å². The third-order valence-corrected chi connectivity index (χ3v) is 1.56. The van der Waals surface area contributed by atoms with Crippen molar-refractivity contribution in [1.82, 2.24) is 5.32 Å². The van der Waals surface area contributed by atoms with Gasteiger partial charge in [0.2, 0.25) is 5.91 Å². The molecule has 0 saturated carbocycles. The summed E-state index contributed by atoms with van der Waals surface area (Å²) in [7, 11) is 0. The van der Waals surface area contributed by atoms with Gasteiger partial charge in [-0.05, 0) is 6.42 Å². The molecule has 0 fully saturated rings. The number of nitrogens with zero attached hydrogens (tertiary/aromatic N) is 1. The van der Waals surface area contributed by atoms with E-state index in [9.17, 15) is 9.59 Å². The molecule has 0 saturated heterocycles. The molecule has 0 radical (unpaired) electrons. The molecule has 0 aliphatic rings. The van der Waals surface area contributed by atoms with Gasteiger partial charge < -0.3 is 16.2 Å². The van der Waals surface area contributed by atoms with Crippen molar-refractivity contribution in [3.8, 4) is 6.07 Å². The lowest BCUT2D eigenvalue weighted by Crippen LogP contribution is -2.32. The van der Waals surface area contributed by atoms with Crippen molar-refractivity contribution in [2.75, 3.05) is 6.54 Å². The van der Waals surface area contributed by atoms with Gasteiger partial charge >= 0.3 is 5.97 Å². The van der Waals surface area contributed by atoms with Gasteiger partial charge in [0.1, 0.15) is 6.04 Å².